The molecule has 62 valence electrons. The lowest BCUT2D eigenvalue weighted by atomic mass is 10.0. The van der Waals surface area contributed by atoms with Crippen molar-refractivity contribution in [3.05, 3.63) is 34.9 Å². The Morgan fingerprint density at radius 2 is 2.33 bits per heavy atom. The van der Waals surface area contributed by atoms with E-state index in [2.05, 4.69) is 0 Å². The second-order valence-electron chi connectivity index (χ2n) is 3.18. The van der Waals surface area contributed by atoms with Crippen molar-refractivity contribution in [2.45, 2.75) is 18.9 Å². The molecule has 0 saturated heterocycles. The van der Waals surface area contributed by atoms with Crippen molar-refractivity contribution in [3.8, 4) is 0 Å². The molecule has 1 aliphatic carbocycles. The van der Waals surface area contributed by atoms with Gasteiger partial charge in [-0.1, -0.05) is 18.2 Å². The minimum absolute atomic E-state index is 0.139. The number of nitrogens with two attached hydrogens (primary N) is 1. The first-order chi connectivity index (χ1) is 5.83. The van der Waals surface area contributed by atoms with E-state index in [-0.39, 0.29) is 6.04 Å². The van der Waals surface area contributed by atoms with Crippen LogP contribution in [0.3, 0.4) is 0 Å². The molecule has 0 fully saturated rings. The largest absolute Gasteiger partial charge is 0.324 e. The molecule has 2 heteroatoms. The van der Waals surface area contributed by atoms with Crippen LogP contribution in [0.4, 0.5) is 0 Å². The van der Waals surface area contributed by atoms with Crippen LogP contribution in [-0.4, -0.2) is 6.29 Å². The Bertz CT molecular complexity index is 320. The monoisotopic (exact) mass is 161 g/mol. The van der Waals surface area contributed by atoms with Gasteiger partial charge in [0.2, 0.25) is 0 Å². The molecule has 1 aromatic carbocycles. The van der Waals surface area contributed by atoms with Crippen LogP contribution in [-0.2, 0) is 6.42 Å². The Morgan fingerprint density at radius 1 is 1.50 bits per heavy atom. The van der Waals surface area contributed by atoms with E-state index < -0.39 is 0 Å². The van der Waals surface area contributed by atoms with Crippen molar-refractivity contribution in [3.63, 3.8) is 0 Å². The van der Waals surface area contributed by atoms with E-state index in [1.54, 1.807) is 0 Å². The molecule has 12 heavy (non-hydrogen) atoms. The zero-order valence-corrected chi connectivity index (χ0v) is 6.79. The summed E-state index contributed by atoms with van der Waals surface area (Å²) in [4.78, 5) is 10.6. The fraction of sp³-hybridized carbons (Fsp3) is 0.300. The Labute approximate surface area is 71.4 Å². The van der Waals surface area contributed by atoms with Crippen LogP contribution >= 0.6 is 0 Å². The number of hydrogen-bond donors (Lipinski definition) is 1. The van der Waals surface area contributed by atoms with Crippen LogP contribution in [0.5, 0.6) is 0 Å². The molecule has 1 aromatic rings. The average Bonchev–Trinajstić information content (AvgIpc) is 2.48. The van der Waals surface area contributed by atoms with Gasteiger partial charge in [-0.2, -0.15) is 0 Å². The van der Waals surface area contributed by atoms with E-state index in [4.69, 9.17) is 5.73 Å². The quantitative estimate of drug-likeness (QED) is 0.633. The van der Waals surface area contributed by atoms with Crippen LogP contribution in [0, 0.1) is 0 Å². The summed E-state index contributed by atoms with van der Waals surface area (Å²) in [5.41, 5.74) is 8.97. The first-order valence-electron chi connectivity index (χ1n) is 4.15. The number of benzene rings is 1. The summed E-state index contributed by atoms with van der Waals surface area (Å²) in [6.07, 6.45) is 2.84. The molecule has 2 nitrogen and oxygen atoms in total. The highest BCUT2D eigenvalue weighted by Gasteiger charge is 2.20. The van der Waals surface area contributed by atoms with Crippen molar-refractivity contribution >= 4 is 6.29 Å². The number of fused-ring (bicyclic) bond motifs is 1. The highest BCUT2D eigenvalue weighted by atomic mass is 16.1. The number of carbonyl (C=O) groups is 1. The third kappa shape index (κ3) is 0.959. The SMILES string of the molecule is N[C@@H]1CCc2c(C=O)cccc21. The number of hydrogen-bond acceptors (Lipinski definition) is 2. The van der Waals surface area contributed by atoms with Crippen molar-refractivity contribution < 1.29 is 4.79 Å². The highest BCUT2D eigenvalue weighted by Crippen LogP contribution is 2.30. The molecule has 0 aliphatic heterocycles. The highest BCUT2D eigenvalue weighted by molar-refractivity contribution is 5.78. The minimum Gasteiger partial charge on any atom is -0.324 e. The summed E-state index contributed by atoms with van der Waals surface area (Å²) < 4.78 is 0. The first-order valence-corrected chi connectivity index (χ1v) is 4.15. The summed E-state index contributed by atoms with van der Waals surface area (Å²) in [7, 11) is 0. The topological polar surface area (TPSA) is 43.1 Å². The molecule has 1 aliphatic rings. The molecule has 2 N–H and O–H groups in total. The Kier molecular flexibility index (Phi) is 1.70. The predicted octanol–water partition coefficient (Wildman–Crippen LogP) is 1.45. The Balaban J connectivity index is 2.57. The van der Waals surface area contributed by atoms with Gasteiger partial charge >= 0.3 is 0 Å². The summed E-state index contributed by atoms with van der Waals surface area (Å²) in [6, 6.07) is 5.90. The lowest BCUT2D eigenvalue weighted by molar-refractivity contribution is 0.112. The molecule has 0 bridgehead atoms. The van der Waals surface area contributed by atoms with Gasteiger partial charge in [0.05, 0.1) is 0 Å². The Hall–Kier alpha value is -1.15. The molecule has 0 aromatic heterocycles. The normalized spacial score (nSPS) is 20.6. The lowest BCUT2D eigenvalue weighted by Crippen LogP contribution is -2.05. The fourth-order valence-corrected chi connectivity index (χ4v) is 1.83. The molecule has 0 unspecified atom stereocenters. The fourth-order valence-electron chi connectivity index (χ4n) is 1.83. The maximum Gasteiger partial charge on any atom is 0.150 e. The maximum absolute atomic E-state index is 10.6. The minimum atomic E-state index is 0.139. The smallest absolute Gasteiger partial charge is 0.150 e. The third-order valence-corrected chi connectivity index (χ3v) is 2.48. The molecule has 0 saturated carbocycles. The van der Waals surface area contributed by atoms with Gasteiger partial charge in [0.15, 0.2) is 0 Å². The van der Waals surface area contributed by atoms with Crippen molar-refractivity contribution in [1.29, 1.82) is 0 Å². The summed E-state index contributed by atoms with van der Waals surface area (Å²) in [5.74, 6) is 0. The van der Waals surface area contributed by atoms with Crippen LogP contribution < -0.4 is 5.73 Å². The summed E-state index contributed by atoms with van der Waals surface area (Å²) in [6.45, 7) is 0. The standard InChI is InChI=1S/C10H11NO/c11-10-5-4-8-7(6-12)2-1-3-9(8)10/h1-3,6,10H,4-5,11H2/t10-/m1/s1. The van der Waals surface area contributed by atoms with E-state index in [0.717, 1.165) is 35.8 Å². The van der Waals surface area contributed by atoms with Crippen molar-refractivity contribution in [2.24, 2.45) is 5.73 Å². The summed E-state index contributed by atoms with van der Waals surface area (Å²) >= 11 is 0. The molecule has 0 heterocycles. The van der Waals surface area contributed by atoms with E-state index in [9.17, 15) is 4.79 Å². The molecular formula is C10H11NO. The van der Waals surface area contributed by atoms with E-state index >= 15 is 0 Å². The number of rotatable bonds is 1. The van der Waals surface area contributed by atoms with E-state index in [1.165, 1.54) is 0 Å². The van der Waals surface area contributed by atoms with Gasteiger partial charge in [0, 0.05) is 11.6 Å². The number of aldehydes is 1. The average molecular weight is 161 g/mol. The van der Waals surface area contributed by atoms with Crippen LogP contribution in [0.2, 0.25) is 0 Å². The first kappa shape index (κ1) is 7.50. The second kappa shape index (κ2) is 2.72. The maximum atomic E-state index is 10.6. The molecular weight excluding hydrogens is 150 g/mol. The molecule has 1 atom stereocenters. The van der Waals surface area contributed by atoms with E-state index in [0.29, 0.717) is 0 Å². The molecule has 2 rings (SSSR count). The van der Waals surface area contributed by atoms with Gasteiger partial charge in [-0.05, 0) is 24.0 Å². The zero-order chi connectivity index (χ0) is 8.55. The van der Waals surface area contributed by atoms with E-state index in [1.807, 2.05) is 18.2 Å². The molecule has 0 spiro atoms. The van der Waals surface area contributed by atoms with Crippen LogP contribution in [0.25, 0.3) is 0 Å². The van der Waals surface area contributed by atoms with Gasteiger partial charge in [-0.25, -0.2) is 0 Å². The van der Waals surface area contributed by atoms with Crippen molar-refractivity contribution in [1.82, 2.24) is 0 Å². The zero-order valence-electron chi connectivity index (χ0n) is 6.79. The van der Waals surface area contributed by atoms with Gasteiger partial charge < -0.3 is 5.73 Å². The van der Waals surface area contributed by atoms with Crippen LogP contribution in [0.15, 0.2) is 18.2 Å². The molecule has 0 radical (unpaired) electrons. The predicted molar refractivity (Wildman–Crippen MR) is 47.1 cm³/mol. The number of carbonyl (C=O) groups excluding carboxylic acids is 1. The third-order valence-electron chi connectivity index (χ3n) is 2.48. The second-order valence-corrected chi connectivity index (χ2v) is 3.18. The molecule has 0 amide bonds. The van der Waals surface area contributed by atoms with Crippen LogP contribution in [0.1, 0.15) is 33.9 Å². The van der Waals surface area contributed by atoms with Gasteiger partial charge in [0.25, 0.3) is 0 Å². The van der Waals surface area contributed by atoms with Gasteiger partial charge in [0.1, 0.15) is 6.29 Å². The van der Waals surface area contributed by atoms with Crippen molar-refractivity contribution in [2.75, 3.05) is 0 Å². The van der Waals surface area contributed by atoms with Gasteiger partial charge in [-0.15, -0.1) is 0 Å². The van der Waals surface area contributed by atoms with Gasteiger partial charge in [-0.3, -0.25) is 4.79 Å². The Morgan fingerprint density at radius 3 is 3.08 bits per heavy atom. The summed E-state index contributed by atoms with van der Waals surface area (Å²) in [5, 5.41) is 0. The lowest BCUT2D eigenvalue weighted by Gasteiger charge is -2.04.